The maximum Gasteiger partial charge on any atom is 0.254 e. The van der Waals surface area contributed by atoms with Crippen LogP contribution in [0.1, 0.15) is 101 Å². The van der Waals surface area contributed by atoms with E-state index in [-0.39, 0.29) is 35.7 Å². The molecule has 2 saturated heterocycles. The number of ether oxygens (including phenoxy) is 1. The average Bonchev–Trinajstić information content (AvgIpc) is 3.83. The molecule has 0 radical (unpaired) electrons. The standard InChI is InChI=1S/C35H44FN5O3.C2H6.CH2F2.CH3F/c1-23(2)31(37)13-14-32(38)24-9-11-28(12-10-24)44-33-21-29(30(36)20-25(33)22-41-17-5-8-34(41)42)35(43)39-26-15-18-40(19-16-26)27-6-3-4-7-27;1-2;2-1-3;1-2/h9-14,20-21,23,26-27,37-38H,3-8,15-19,22H2,1-2H3,(H,39,43);1-2H3;1H2;1H3/b14-13-,37-31?,38-32?;;;. The fourth-order valence-corrected chi connectivity index (χ4v) is 6.30. The molecule has 0 aromatic heterocycles. The number of nitrogens with zero attached hydrogens (tertiary/aromatic N) is 2. The second-order valence-corrected chi connectivity index (χ2v) is 12.7. The lowest BCUT2D eigenvalue weighted by atomic mass is 10.0. The number of allylic oxidation sites excluding steroid dienone is 2. The zero-order valence-electron chi connectivity index (χ0n) is 30.7. The Morgan fingerprint density at radius 2 is 1.57 bits per heavy atom. The Hall–Kier alpha value is -4.06. The minimum absolute atomic E-state index is 0.00741. The summed E-state index contributed by atoms with van der Waals surface area (Å²) >= 11 is 0. The van der Waals surface area contributed by atoms with Gasteiger partial charge in [-0.05, 0) is 92.1 Å². The lowest BCUT2D eigenvalue weighted by Gasteiger charge is -2.36. The highest BCUT2D eigenvalue weighted by Gasteiger charge is 2.29. The fraction of sp³-hybridized carbons (Fsp3) is 0.538. The van der Waals surface area contributed by atoms with Crippen molar-refractivity contribution in [3.63, 3.8) is 0 Å². The molecule has 1 saturated carbocycles. The topological polar surface area (TPSA) is 110 Å². The quantitative estimate of drug-likeness (QED) is 0.159. The Bertz CT molecular complexity index is 1440. The molecule has 5 rings (SSSR count). The molecule has 2 heterocycles. The van der Waals surface area contributed by atoms with Gasteiger partial charge < -0.3 is 30.7 Å². The highest BCUT2D eigenvalue weighted by atomic mass is 19.3. The van der Waals surface area contributed by atoms with Crippen molar-refractivity contribution in [3.05, 3.63) is 71.1 Å². The molecule has 2 aromatic carbocycles. The maximum absolute atomic E-state index is 15.5. The number of amides is 2. The summed E-state index contributed by atoms with van der Waals surface area (Å²) < 4.78 is 50.4. The number of benzene rings is 2. The number of halogens is 4. The van der Waals surface area contributed by atoms with Gasteiger partial charge in [0, 0.05) is 56.0 Å². The van der Waals surface area contributed by atoms with Crippen molar-refractivity contribution in [1.29, 1.82) is 10.8 Å². The summed E-state index contributed by atoms with van der Waals surface area (Å²) in [5.41, 5.74) is 1.79. The van der Waals surface area contributed by atoms with Crippen LogP contribution in [0.2, 0.25) is 0 Å². The summed E-state index contributed by atoms with van der Waals surface area (Å²) in [7, 11) is 0.500. The Labute approximate surface area is 300 Å². The number of rotatable bonds is 11. The predicted molar refractivity (Wildman–Crippen MR) is 196 cm³/mol. The normalized spacial score (nSPS) is 16.5. The molecule has 0 spiro atoms. The summed E-state index contributed by atoms with van der Waals surface area (Å²) in [6, 6.07) is 10.4. The van der Waals surface area contributed by atoms with E-state index in [1.807, 2.05) is 27.7 Å². The first-order valence-corrected chi connectivity index (χ1v) is 17.9. The van der Waals surface area contributed by atoms with Gasteiger partial charge in [0.2, 0.25) is 12.8 Å². The number of likely N-dealkylation sites (tertiary alicyclic amines) is 2. The van der Waals surface area contributed by atoms with E-state index in [0.29, 0.717) is 54.5 Å². The molecular weight excluding hydrogens is 662 g/mol. The van der Waals surface area contributed by atoms with Crippen molar-refractivity contribution >= 4 is 23.2 Å². The molecule has 51 heavy (non-hydrogen) atoms. The first-order valence-electron chi connectivity index (χ1n) is 17.9. The first-order chi connectivity index (χ1) is 24.6. The van der Waals surface area contributed by atoms with Crippen LogP contribution in [-0.4, -0.2) is 78.9 Å². The van der Waals surface area contributed by atoms with Crippen LogP contribution < -0.4 is 10.1 Å². The molecule has 0 unspecified atom stereocenters. The van der Waals surface area contributed by atoms with Crippen molar-refractivity contribution in [3.8, 4) is 11.5 Å². The van der Waals surface area contributed by atoms with Crippen molar-refractivity contribution in [2.24, 2.45) is 5.92 Å². The summed E-state index contributed by atoms with van der Waals surface area (Å²) in [6.07, 6.45) is 11.3. The highest BCUT2D eigenvalue weighted by Crippen LogP contribution is 2.31. The number of carbonyl (C=O) groups is 2. The molecule has 0 bridgehead atoms. The molecule has 2 aliphatic heterocycles. The van der Waals surface area contributed by atoms with Gasteiger partial charge in [0.15, 0.2) is 0 Å². The molecule has 3 fully saturated rings. The molecule has 3 N–H and O–H groups in total. The lowest BCUT2D eigenvalue weighted by Crippen LogP contribution is -2.47. The summed E-state index contributed by atoms with van der Waals surface area (Å²) in [5.74, 6) is -0.215. The second kappa shape index (κ2) is 22.7. The van der Waals surface area contributed by atoms with Crippen LogP contribution in [0.25, 0.3) is 0 Å². The van der Waals surface area contributed by atoms with E-state index in [1.165, 1.54) is 37.8 Å². The zero-order chi connectivity index (χ0) is 37.9. The third-order valence-corrected chi connectivity index (χ3v) is 9.08. The number of nitrogens with one attached hydrogen (secondary N) is 3. The van der Waals surface area contributed by atoms with E-state index >= 15 is 4.39 Å². The average molecular weight is 718 g/mol. The molecule has 3 aliphatic rings. The van der Waals surface area contributed by atoms with Gasteiger partial charge in [0.05, 0.1) is 18.5 Å². The molecule has 2 amide bonds. The van der Waals surface area contributed by atoms with E-state index in [4.69, 9.17) is 15.6 Å². The highest BCUT2D eigenvalue weighted by molar-refractivity contribution is 6.10. The van der Waals surface area contributed by atoms with Gasteiger partial charge in [0.25, 0.3) is 5.91 Å². The predicted octanol–water partition coefficient (Wildman–Crippen LogP) is 8.97. The van der Waals surface area contributed by atoms with Crippen LogP contribution in [0.4, 0.5) is 17.6 Å². The molecule has 1 aliphatic carbocycles. The van der Waals surface area contributed by atoms with Crippen molar-refractivity contribution in [2.75, 3.05) is 33.7 Å². The number of carbonyl (C=O) groups excluding carboxylic acids is 2. The van der Waals surface area contributed by atoms with Gasteiger partial charge in [-0.25, -0.2) is 13.2 Å². The van der Waals surface area contributed by atoms with E-state index in [0.717, 1.165) is 32.4 Å². The Morgan fingerprint density at radius 3 is 2.12 bits per heavy atom. The minimum atomic E-state index is -1.75. The minimum Gasteiger partial charge on any atom is -0.457 e. The molecule has 0 atom stereocenters. The van der Waals surface area contributed by atoms with E-state index < -0.39 is 18.7 Å². The van der Waals surface area contributed by atoms with E-state index in [2.05, 4.69) is 10.2 Å². The number of alkyl halides is 3. The summed E-state index contributed by atoms with van der Waals surface area (Å²) in [5, 5.41) is 19.4. The number of hydrogen-bond acceptors (Lipinski definition) is 6. The van der Waals surface area contributed by atoms with Gasteiger partial charge in [-0.1, -0.05) is 40.5 Å². The number of piperidine rings is 1. The van der Waals surface area contributed by atoms with Crippen molar-refractivity contribution in [2.45, 2.75) is 97.7 Å². The van der Waals surface area contributed by atoms with Crippen LogP contribution >= 0.6 is 0 Å². The van der Waals surface area contributed by atoms with Crippen molar-refractivity contribution < 1.29 is 31.9 Å². The largest absolute Gasteiger partial charge is 0.457 e. The Kier molecular flexibility index (Phi) is 19.2. The van der Waals surface area contributed by atoms with Gasteiger partial charge >= 0.3 is 0 Å². The van der Waals surface area contributed by atoms with Gasteiger partial charge in [-0.2, -0.15) is 0 Å². The molecular formula is C39H55F4N5O3. The Morgan fingerprint density at radius 1 is 0.961 bits per heavy atom. The lowest BCUT2D eigenvalue weighted by molar-refractivity contribution is -0.128. The zero-order valence-corrected chi connectivity index (χ0v) is 30.7. The van der Waals surface area contributed by atoms with Crippen LogP contribution in [0, 0.1) is 22.6 Å². The molecule has 12 heteroatoms. The van der Waals surface area contributed by atoms with E-state index in [1.54, 1.807) is 41.3 Å². The van der Waals surface area contributed by atoms with Gasteiger partial charge in [-0.3, -0.25) is 14.0 Å². The molecule has 282 valence electrons. The second-order valence-electron chi connectivity index (χ2n) is 12.7. The third kappa shape index (κ3) is 13.2. The molecule has 8 nitrogen and oxygen atoms in total. The first kappa shape index (κ1) is 43.1. The van der Waals surface area contributed by atoms with Crippen LogP contribution in [0.15, 0.2) is 48.6 Å². The monoisotopic (exact) mass is 717 g/mol. The van der Waals surface area contributed by atoms with E-state index in [9.17, 15) is 22.8 Å². The summed E-state index contributed by atoms with van der Waals surface area (Å²) in [6.45, 7) is 8.79. The van der Waals surface area contributed by atoms with Crippen LogP contribution in [0.3, 0.4) is 0 Å². The van der Waals surface area contributed by atoms with Gasteiger partial charge in [-0.15, -0.1) is 0 Å². The maximum atomic E-state index is 15.5. The van der Waals surface area contributed by atoms with Crippen molar-refractivity contribution in [1.82, 2.24) is 15.1 Å². The van der Waals surface area contributed by atoms with Crippen LogP contribution in [-0.2, 0) is 11.3 Å². The fourth-order valence-electron chi connectivity index (χ4n) is 6.30. The summed E-state index contributed by atoms with van der Waals surface area (Å²) in [4.78, 5) is 29.9. The Balaban J connectivity index is 0.00000120. The third-order valence-electron chi connectivity index (χ3n) is 9.08. The van der Waals surface area contributed by atoms with Crippen LogP contribution in [0.5, 0.6) is 11.5 Å². The SMILES string of the molecule is CC.CC(C)C(=N)/C=C\C(=N)c1ccc(Oc2cc(C(=O)NC3CCN(C4CCCC4)CC3)c(F)cc2CN2CCCC2=O)cc1.CF.FCF. The number of hydrogen-bond donors (Lipinski definition) is 3. The molecule has 2 aromatic rings. The smallest absolute Gasteiger partial charge is 0.254 e. The van der Waals surface area contributed by atoms with Gasteiger partial charge in [0.1, 0.15) is 17.3 Å².